The van der Waals surface area contributed by atoms with Gasteiger partial charge >= 0.3 is 0 Å². The molecule has 1 aliphatic rings. The summed E-state index contributed by atoms with van der Waals surface area (Å²) in [5.74, 6) is -0.681. The summed E-state index contributed by atoms with van der Waals surface area (Å²) >= 11 is 0. The van der Waals surface area contributed by atoms with Crippen LogP contribution < -0.4 is 9.47 Å². The average molecular weight is 430 g/mol. The van der Waals surface area contributed by atoms with Crippen LogP contribution in [0.1, 0.15) is 22.7 Å². The van der Waals surface area contributed by atoms with Crippen molar-refractivity contribution in [1.29, 1.82) is 0 Å². The smallest absolute Gasteiger partial charge is 0.295 e. The predicted molar refractivity (Wildman–Crippen MR) is 118 cm³/mol. The van der Waals surface area contributed by atoms with Crippen molar-refractivity contribution in [2.45, 2.75) is 12.6 Å². The highest BCUT2D eigenvalue weighted by Gasteiger charge is 2.46. The number of benzene rings is 2. The molecule has 1 aromatic heterocycles. The van der Waals surface area contributed by atoms with Gasteiger partial charge in [-0.05, 0) is 41.5 Å². The van der Waals surface area contributed by atoms with Gasteiger partial charge in [0, 0.05) is 18.9 Å². The van der Waals surface area contributed by atoms with Gasteiger partial charge in [-0.3, -0.25) is 14.6 Å². The minimum atomic E-state index is -0.786. The van der Waals surface area contributed by atoms with Gasteiger partial charge in [0.15, 0.2) is 0 Å². The van der Waals surface area contributed by atoms with Crippen LogP contribution in [-0.4, -0.2) is 40.9 Å². The molecule has 1 saturated heterocycles. The van der Waals surface area contributed by atoms with Crippen molar-refractivity contribution in [3.8, 4) is 11.5 Å². The van der Waals surface area contributed by atoms with Crippen molar-refractivity contribution < 1.29 is 24.2 Å². The summed E-state index contributed by atoms with van der Waals surface area (Å²) in [7, 11) is 3.04. The Balaban J connectivity index is 1.88. The second kappa shape index (κ2) is 8.93. The number of ether oxygens (including phenoxy) is 2. The normalized spacial score (nSPS) is 17.4. The van der Waals surface area contributed by atoms with Gasteiger partial charge < -0.3 is 19.5 Å². The third kappa shape index (κ3) is 3.80. The van der Waals surface area contributed by atoms with E-state index in [1.54, 1.807) is 74.1 Å². The molecule has 7 nitrogen and oxygen atoms in total. The van der Waals surface area contributed by atoms with E-state index in [0.29, 0.717) is 22.6 Å². The van der Waals surface area contributed by atoms with Crippen LogP contribution in [0.15, 0.2) is 78.6 Å². The molecular weight excluding hydrogens is 408 g/mol. The molecule has 2 heterocycles. The maximum absolute atomic E-state index is 13.1. The van der Waals surface area contributed by atoms with Crippen LogP contribution in [0, 0.1) is 0 Å². The van der Waals surface area contributed by atoms with E-state index >= 15 is 0 Å². The first-order chi connectivity index (χ1) is 15.5. The number of aliphatic hydroxyl groups is 1. The third-order valence-corrected chi connectivity index (χ3v) is 5.41. The number of rotatable bonds is 6. The van der Waals surface area contributed by atoms with E-state index in [9.17, 15) is 14.7 Å². The number of Topliss-reactive ketones (excluding diaryl/α,β-unsaturated/α-hetero) is 1. The summed E-state index contributed by atoms with van der Waals surface area (Å²) in [5.41, 5.74) is 1.79. The van der Waals surface area contributed by atoms with Gasteiger partial charge in [0.05, 0.1) is 31.4 Å². The maximum atomic E-state index is 13.1. The van der Waals surface area contributed by atoms with E-state index < -0.39 is 17.7 Å². The molecule has 4 rings (SSSR count). The van der Waals surface area contributed by atoms with Gasteiger partial charge in [-0.25, -0.2) is 0 Å². The quantitative estimate of drug-likeness (QED) is 0.364. The van der Waals surface area contributed by atoms with Crippen molar-refractivity contribution in [3.63, 3.8) is 0 Å². The van der Waals surface area contributed by atoms with Crippen molar-refractivity contribution in [2.24, 2.45) is 0 Å². The Kier molecular flexibility index (Phi) is 5.89. The van der Waals surface area contributed by atoms with E-state index in [2.05, 4.69) is 4.98 Å². The second-order valence-electron chi connectivity index (χ2n) is 7.26. The number of carbonyl (C=O) groups excluding carboxylic acids is 2. The van der Waals surface area contributed by atoms with Crippen molar-refractivity contribution >= 4 is 17.4 Å². The number of para-hydroxylation sites is 1. The molecule has 1 unspecified atom stereocenters. The minimum absolute atomic E-state index is 0.00792. The van der Waals surface area contributed by atoms with Crippen LogP contribution in [0.2, 0.25) is 0 Å². The number of hydrogen-bond donors (Lipinski definition) is 1. The lowest BCUT2D eigenvalue weighted by Crippen LogP contribution is -2.29. The summed E-state index contributed by atoms with van der Waals surface area (Å²) in [6.07, 6.45) is 3.28. The molecule has 3 aromatic rings. The largest absolute Gasteiger partial charge is 0.507 e. The molecule has 1 N–H and O–H groups in total. The lowest BCUT2D eigenvalue weighted by atomic mass is 9.95. The predicted octanol–water partition coefficient (Wildman–Crippen LogP) is 3.72. The first kappa shape index (κ1) is 21.1. The van der Waals surface area contributed by atoms with Crippen molar-refractivity contribution in [3.05, 3.63) is 95.3 Å². The molecule has 2 aromatic carbocycles. The van der Waals surface area contributed by atoms with Gasteiger partial charge in [-0.1, -0.05) is 30.3 Å². The van der Waals surface area contributed by atoms with E-state index in [0.717, 1.165) is 5.56 Å². The monoisotopic (exact) mass is 430 g/mol. The Hall–Kier alpha value is -4.13. The SMILES string of the molecule is COc1ccc(C2/C(=C(/O)c3ccccc3OC)C(=O)C(=O)N2Cc2cccnc2)cc1. The Morgan fingerprint density at radius 3 is 2.41 bits per heavy atom. The number of aliphatic hydroxyl groups excluding tert-OH is 1. The molecular formula is C25H22N2O5. The summed E-state index contributed by atoms with van der Waals surface area (Å²) < 4.78 is 10.6. The van der Waals surface area contributed by atoms with Crippen molar-refractivity contribution in [2.75, 3.05) is 14.2 Å². The Morgan fingerprint density at radius 1 is 1.00 bits per heavy atom. The van der Waals surface area contributed by atoms with E-state index in [-0.39, 0.29) is 17.9 Å². The fourth-order valence-corrected chi connectivity index (χ4v) is 3.85. The topological polar surface area (TPSA) is 89.0 Å². The van der Waals surface area contributed by atoms with Gasteiger partial charge in [0.1, 0.15) is 17.3 Å². The second-order valence-corrected chi connectivity index (χ2v) is 7.26. The Bertz CT molecular complexity index is 1170. The molecule has 7 heteroatoms. The molecule has 0 bridgehead atoms. The number of carbonyl (C=O) groups is 2. The molecule has 0 aliphatic carbocycles. The number of methoxy groups -OCH3 is 2. The zero-order chi connectivity index (χ0) is 22.7. The number of hydrogen-bond acceptors (Lipinski definition) is 6. The third-order valence-electron chi connectivity index (χ3n) is 5.41. The number of pyridine rings is 1. The minimum Gasteiger partial charge on any atom is -0.507 e. The van der Waals surface area contributed by atoms with Crippen LogP contribution in [0.3, 0.4) is 0 Å². The van der Waals surface area contributed by atoms with Gasteiger partial charge in [0.2, 0.25) is 0 Å². The molecule has 162 valence electrons. The van der Waals surface area contributed by atoms with E-state index in [4.69, 9.17) is 9.47 Å². The molecule has 0 radical (unpaired) electrons. The highest BCUT2D eigenvalue weighted by atomic mass is 16.5. The Morgan fingerprint density at radius 2 is 1.75 bits per heavy atom. The first-order valence-corrected chi connectivity index (χ1v) is 9.99. The lowest BCUT2D eigenvalue weighted by molar-refractivity contribution is -0.140. The van der Waals surface area contributed by atoms with Crippen LogP contribution >= 0.6 is 0 Å². The molecule has 1 atom stereocenters. The number of aromatic nitrogens is 1. The zero-order valence-electron chi connectivity index (χ0n) is 17.7. The Labute approximate surface area is 185 Å². The highest BCUT2D eigenvalue weighted by molar-refractivity contribution is 6.46. The molecule has 0 saturated carbocycles. The van der Waals surface area contributed by atoms with Crippen LogP contribution in [0.5, 0.6) is 11.5 Å². The summed E-state index contributed by atoms with van der Waals surface area (Å²) in [5, 5.41) is 11.2. The van der Waals surface area contributed by atoms with Crippen LogP contribution in [-0.2, 0) is 16.1 Å². The van der Waals surface area contributed by atoms with Gasteiger partial charge in [-0.2, -0.15) is 0 Å². The summed E-state index contributed by atoms with van der Waals surface area (Å²) in [6, 6.07) is 16.7. The molecule has 1 fully saturated rings. The van der Waals surface area contributed by atoms with E-state index in [1.165, 1.54) is 12.0 Å². The number of nitrogens with zero attached hydrogens (tertiary/aromatic N) is 2. The number of ketones is 1. The maximum Gasteiger partial charge on any atom is 0.295 e. The van der Waals surface area contributed by atoms with Crippen LogP contribution in [0.25, 0.3) is 5.76 Å². The molecule has 0 spiro atoms. The fourth-order valence-electron chi connectivity index (χ4n) is 3.85. The average Bonchev–Trinajstić information content (AvgIpc) is 3.09. The molecule has 32 heavy (non-hydrogen) atoms. The van der Waals surface area contributed by atoms with Gasteiger partial charge in [-0.15, -0.1) is 0 Å². The summed E-state index contributed by atoms with van der Waals surface area (Å²) in [4.78, 5) is 31.8. The van der Waals surface area contributed by atoms with E-state index in [1.807, 2.05) is 6.07 Å². The fraction of sp³-hybridized carbons (Fsp3) is 0.160. The van der Waals surface area contributed by atoms with Gasteiger partial charge in [0.25, 0.3) is 11.7 Å². The standard InChI is InChI=1S/C25H22N2O5/c1-31-18-11-9-17(10-12-18)22-21(23(28)19-7-3-4-8-20(19)32-2)24(29)25(30)27(22)15-16-6-5-13-26-14-16/h3-14,22,28H,15H2,1-2H3/b23-21-. The zero-order valence-corrected chi connectivity index (χ0v) is 17.7. The van der Waals surface area contributed by atoms with Crippen LogP contribution in [0.4, 0.5) is 0 Å². The van der Waals surface area contributed by atoms with Crippen molar-refractivity contribution in [1.82, 2.24) is 9.88 Å². The molecule has 1 aliphatic heterocycles. The number of amides is 1. The molecule has 1 amide bonds. The first-order valence-electron chi connectivity index (χ1n) is 9.99. The highest BCUT2D eigenvalue weighted by Crippen LogP contribution is 2.41. The number of likely N-dealkylation sites (tertiary alicyclic amines) is 1. The summed E-state index contributed by atoms with van der Waals surface area (Å²) in [6.45, 7) is 0.164. The lowest BCUT2D eigenvalue weighted by Gasteiger charge is -2.25.